The Balaban J connectivity index is 0.000000490. The van der Waals surface area contributed by atoms with Crippen molar-refractivity contribution in [3.05, 3.63) is 30.1 Å². The van der Waals surface area contributed by atoms with E-state index in [4.69, 9.17) is 0 Å². The van der Waals surface area contributed by atoms with Gasteiger partial charge in [-0.3, -0.25) is 4.98 Å². The minimum atomic E-state index is 0. The van der Waals surface area contributed by atoms with Gasteiger partial charge in [0.1, 0.15) is 0 Å². The highest BCUT2D eigenvalue weighted by Crippen LogP contribution is 1.88. The highest BCUT2D eigenvalue weighted by molar-refractivity contribution is 5.75. The maximum absolute atomic E-state index is 3.88. The van der Waals surface area contributed by atoms with Gasteiger partial charge in [0.05, 0.1) is 8.41 Å². The summed E-state index contributed by atoms with van der Waals surface area (Å²) in [7, 11) is 0. The Morgan fingerprint density at radius 2 is 2.25 bits per heavy atom. The average Bonchev–Trinajstić information content (AvgIpc) is 1.69. The van der Waals surface area contributed by atoms with Crippen molar-refractivity contribution >= 4 is 8.41 Å². The van der Waals surface area contributed by atoms with Crippen LogP contribution in [0, 0.1) is 6.92 Å². The van der Waals surface area contributed by atoms with Gasteiger partial charge in [-0.05, 0) is 18.6 Å². The predicted molar refractivity (Wildman–Crippen MR) is 38.9 cm³/mol. The topological polar surface area (TPSA) is 12.9 Å². The lowest BCUT2D eigenvalue weighted by Gasteiger charge is -1.82. The summed E-state index contributed by atoms with van der Waals surface area (Å²) in [5.74, 6) is 0. The summed E-state index contributed by atoms with van der Waals surface area (Å²) < 4.78 is 0. The van der Waals surface area contributed by atoms with Gasteiger partial charge in [0.2, 0.25) is 0 Å². The van der Waals surface area contributed by atoms with Crippen LogP contribution in [0.4, 0.5) is 0 Å². The van der Waals surface area contributed by atoms with Crippen LogP contribution in [0.3, 0.4) is 0 Å². The molecule has 0 saturated carbocycles. The molecule has 0 aromatic carbocycles. The SMILES string of the molecule is B.Cc1cccnc1. The van der Waals surface area contributed by atoms with Crippen LogP contribution < -0.4 is 0 Å². The number of rotatable bonds is 0. The molecule has 0 spiro atoms. The third kappa shape index (κ3) is 1.78. The highest BCUT2D eigenvalue weighted by atomic mass is 14.6. The summed E-state index contributed by atoms with van der Waals surface area (Å²) in [6.07, 6.45) is 3.60. The minimum Gasteiger partial charge on any atom is -0.264 e. The van der Waals surface area contributed by atoms with Crippen molar-refractivity contribution in [2.24, 2.45) is 0 Å². The van der Waals surface area contributed by atoms with Crippen molar-refractivity contribution in [1.29, 1.82) is 0 Å². The van der Waals surface area contributed by atoms with Crippen molar-refractivity contribution in [2.45, 2.75) is 6.92 Å². The molecule has 0 fully saturated rings. The number of hydrogen-bond donors (Lipinski definition) is 0. The Kier molecular flexibility index (Phi) is 2.93. The first-order valence-electron chi connectivity index (χ1n) is 2.26. The highest BCUT2D eigenvalue weighted by Gasteiger charge is 1.73. The van der Waals surface area contributed by atoms with Gasteiger partial charge >= 0.3 is 0 Å². The summed E-state index contributed by atoms with van der Waals surface area (Å²) in [6.45, 7) is 2.02. The van der Waals surface area contributed by atoms with Crippen LogP contribution in [0.5, 0.6) is 0 Å². The van der Waals surface area contributed by atoms with Crippen molar-refractivity contribution in [1.82, 2.24) is 4.98 Å². The lowest BCUT2D eigenvalue weighted by atomic mass is 10.3. The summed E-state index contributed by atoms with van der Waals surface area (Å²) in [5.41, 5.74) is 1.21. The smallest absolute Gasteiger partial charge is 0.0814 e. The fraction of sp³-hybridized carbons (Fsp3) is 0.167. The largest absolute Gasteiger partial charge is 0.264 e. The molecule has 1 nitrogen and oxygen atoms in total. The van der Waals surface area contributed by atoms with Crippen LogP contribution in [0.2, 0.25) is 0 Å². The number of aryl methyl sites for hydroxylation is 1. The molecule has 0 atom stereocenters. The summed E-state index contributed by atoms with van der Waals surface area (Å²) in [5, 5.41) is 0. The number of aromatic nitrogens is 1. The monoisotopic (exact) mass is 107 g/mol. The Hall–Kier alpha value is -0.785. The lowest BCUT2D eigenvalue weighted by molar-refractivity contribution is 1.27. The van der Waals surface area contributed by atoms with Crippen LogP contribution in [-0.4, -0.2) is 13.4 Å². The molecule has 0 N–H and O–H groups in total. The van der Waals surface area contributed by atoms with Crippen LogP contribution in [0.25, 0.3) is 0 Å². The third-order valence-corrected chi connectivity index (χ3v) is 0.809. The van der Waals surface area contributed by atoms with Gasteiger partial charge in [-0.2, -0.15) is 0 Å². The van der Waals surface area contributed by atoms with E-state index < -0.39 is 0 Å². The predicted octanol–water partition coefficient (Wildman–Crippen LogP) is 0.206. The van der Waals surface area contributed by atoms with Gasteiger partial charge < -0.3 is 0 Å². The molecule has 2 heteroatoms. The molecule has 42 valence electrons. The molecule has 0 amide bonds. The molecular weight excluding hydrogens is 96.9 g/mol. The second-order valence-electron chi connectivity index (χ2n) is 1.53. The van der Waals surface area contributed by atoms with E-state index in [9.17, 15) is 0 Å². The average molecular weight is 107 g/mol. The first-order valence-corrected chi connectivity index (χ1v) is 2.26. The normalized spacial score (nSPS) is 7.62. The first-order chi connectivity index (χ1) is 3.39. The molecule has 0 aliphatic rings. The molecular formula is C6H10BN. The van der Waals surface area contributed by atoms with E-state index in [0.717, 1.165) is 0 Å². The maximum Gasteiger partial charge on any atom is 0.0814 e. The van der Waals surface area contributed by atoms with E-state index in [-0.39, 0.29) is 8.41 Å². The fourth-order valence-corrected chi connectivity index (χ4v) is 0.448. The maximum atomic E-state index is 3.88. The molecule has 8 heavy (non-hydrogen) atoms. The Bertz CT molecular complexity index is 138. The number of pyridine rings is 1. The molecule has 1 rings (SSSR count). The van der Waals surface area contributed by atoms with Crippen LogP contribution in [0.1, 0.15) is 5.56 Å². The summed E-state index contributed by atoms with van der Waals surface area (Å²) in [4.78, 5) is 3.88. The van der Waals surface area contributed by atoms with Gasteiger partial charge in [0.15, 0.2) is 0 Å². The zero-order valence-electron chi connectivity index (χ0n) is 4.26. The lowest BCUT2D eigenvalue weighted by Crippen LogP contribution is -1.69. The van der Waals surface area contributed by atoms with Gasteiger partial charge in [-0.25, -0.2) is 0 Å². The Morgan fingerprint density at radius 3 is 2.50 bits per heavy atom. The van der Waals surface area contributed by atoms with Gasteiger partial charge in [-0.15, -0.1) is 0 Å². The van der Waals surface area contributed by atoms with Crippen molar-refractivity contribution in [3.63, 3.8) is 0 Å². The standard InChI is InChI=1S/C6H7N.BH3/c1-6-3-2-4-7-5-6;/h2-5H,1H3;1H3. The van der Waals surface area contributed by atoms with Crippen molar-refractivity contribution in [2.75, 3.05) is 0 Å². The number of nitrogens with zero attached hydrogens (tertiary/aromatic N) is 1. The van der Waals surface area contributed by atoms with E-state index in [1.807, 2.05) is 25.3 Å². The van der Waals surface area contributed by atoms with E-state index in [1.165, 1.54) is 5.56 Å². The molecule has 0 saturated heterocycles. The zero-order chi connectivity index (χ0) is 5.11. The third-order valence-electron chi connectivity index (χ3n) is 0.809. The van der Waals surface area contributed by atoms with Crippen molar-refractivity contribution in [3.8, 4) is 0 Å². The fourth-order valence-electron chi connectivity index (χ4n) is 0.448. The molecule has 0 bridgehead atoms. The van der Waals surface area contributed by atoms with Crippen LogP contribution >= 0.6 is 0 Å². The molecule has 1 aromatic heterocycles. The molecule has 0 radical (unpaired) electrons. The molecule has 0 aliphatic heterocycles. The van der Waals surface area contributed by atoms with E-state index in [1.54, 1.807) is 6.20 Å². The zero-order valence-corrected chi connectivity index (χ0v) is 4.26. The molecule has 1 aromatic rings. The first kappa shape index (κ1) is 7.21. The van der Waals surface area contributed by atoms with Gasteiger partial charge in [0.25, 0.3) is 0 Å². The van der Waals surface area contributed by atoms with E-state index in [2.05, 4.69) is 4.98 Å². The van der Waals surface area contributed by atoms with Crippen LogP contribution in [-0.2, 0) is 0 Å². The van der Waals surface area contributed by atoms with E-state index in [0.29, 0.717) is 0 Å². The van der Waals surface area contributed by atoms with Gasteiger partial charge in [-0.1, -0.05) is 6.07 Å². The number of hydrogen-bond acceptors (Lipinski definition) is 1. The van der Waals surface area contributed by atoms with Crippen molar-refractivity contribution < 1.29 is 0 Å². The van der Waals surface area contributed by atoms with E-state index >= 15 is 0 Å². The Morgan fingerprint density at radius 1 is 1.50 bits per heavy atom. The van der Waals surface area contributed by atoms with Crippen LogP contribution in [0.15, 0.2) is 24.5 Å². The quantitative estimate of drug-likeness (QED) is 0.431. The second kappa shape index (κ2) is 3.25. The minimum absolute atomic E-state index is 0. The molecule has 0 unspecified atom stereocenters. The van der Waals surface area contributed by atoms with Gasteiger partial charge in [0, 0.05) is 12.4 Å². The summed E-state index contributed by atoms with van der Waals surface area (Å²) in [6, 6.07) is 3.95. The summed E-state index contributed by atoms with van der Waals surface area (Å²) >= 11 is 0. The molecule has 1 heterocycles. The second-order valence-corrected chi connectivity index (χ2v) is 1.53. The Labute approximate surface area is 51.3 Å². The molecule has 0 aliphatic carbocycles.